The summed E-state index contributed by atoms with van der Waals surface area (Å²) in [6.45, 7) is 2.68. The van der Waals surface area contributed by atoms with Crippen LogP contribution in [0.1, 0.15) is 18.1 Å². The maximum Gasteiger partial charge on any atom is 0.271 e. The number of benzene rings is 2. The summed E-state index contributed by atoms with van der Waals surface area (Å²) in [4.78, 5) is 20.3. The van der Waals surface area contributed by atoms with Crippen LogP contribution in [-0.2, 0) is 0 Å². The van der Waals surface area contributed by atoms with Crippen LogP contribution in [0, 0.1) is 10.1 Å². The molecule has 0 radical (unpaired) electrons. The second-order valence-corrected chi connectivity index (χ2v) is 8.14. The van der Waals surface area contributed by atoms with Crippen molar-refractivity contribution in [3.8, 4) is 0 Å². The minimum Gasteiger partial charge on any atom is -0.305 e. The number of hydrogen-bond acceptors (Lipinski definition) is 7. The van der Waals surface area contributed by atoms with Crippen LogP contribution in [0.2, 0.25) is 5.02 Å². The highest BCUT2D eigenvalue weighted by Gasteiger charge is 2.40. The summed E-state index contributed by atoms with van der Waals surface area (Å²) in [5, 5.41) is 18.8. The van der Waals surface area contributed by atoms with Crippen LogP contribution < -0.4 is 4.90 Å². The topological polar surface area (TPSA) is 77.6 Å². The quantitative estimate of drug-likeness (QED) is 0.552. The van der Waals surface area contributed by atoms with Crippen molar-refractivity contribution in [2.45, 2.75) is 19.1 Å². The van der Waals surface area contributed by atoms with Gasteiger partial charge in [-0.2, -0.15) is 5.10 Å². The van der Waals surface area contributed by atoms with Gasteiger partial charge < -0.3 is 9.80 Å². The molecule has 0 fully saturated rings. The van der Waals surface area contributed by atoms with Crippen LogP contribution >= 0.6 is 11.6 Å². The summed E-state index contributed by atoms with van der Waals surface area (Å²) < 4.78 is 0. The highest BCUT2D eigenvalue weighted by molar-refractivity contribution is 6.36. The molecule has 2 unspecified atom stereocenters. The van der Waals surface area contributed by atoms with Crippen molar-refractivity contribution >= 4 is 34.5 Å². The molecule has 0 bridgehead atoms. The molecule has 30 heavy (non-hydrogen) atoms. The van der Waals surface area contributed by atoms with Crippen LogP contribution in [0.3, 0.4) is 0 Å². The number of anilines is 1. The van der Waals surface area contributed by atoms with Crippen LogP contribution in [-0.4, -0.2) is 66.3 Å². The Bertz CT molecular complexity index is 1070. The van der Waals surface area contributed by atoms with Gasteiger partial charge in [0.2, 0.25) is 0 Å². The average molecular weight is 427 g/mol. The number of nitro benzene ring substituents is 1. The largest absolute Gasteiger partial charge is 0.305 e. The molecule has 0 N–H and O–H groups in total. The summed E-state index contributed by atoms with van der Waals surface area (Å²) in [6, 6.07) is 12.1. The number of hydrazone groups is 1. The third-order valence-corrected chi connectivity index (χ3v) is 5.63. The highest BCUT2D eigenvalue weighted by Crippen LogP contribution is 2.37. The second-order valence-electron chi connectivity index (χ2n) is 7.74. The predicted molar refractivity (Wildman–Crippen MR) is 120 cm³/mol. The first-order valence-corrected chi connectivity index (χ1v) is 10.0. The molecule has 8 nitrogen and oxygen atoms in total. The van der Waals surface area contributed by atoms with E-state index in [-0.39, 0.29) is 22.8 Å². The Morgan fingerprint density at radius 2 is 1.93 bits per heavy atom. The summed E-state index contributed by atoms with van der Waals surface area (Å²) in [7, 11) is 5.90. The van der Waals surface area contributed by atoms with Crippen molar-refractivity contribution in [1.29, 1.82) is 0 Å². The van der Waals surface area contributed by atoms with E-state index < -0.39 is 0 Å². The van der Waals surface area contributed by atoms with Crippen molar-refractivity contribution < 1.29 is 4.92 Å². The number of likely N-dealkylation sites (N-methyl/N-ethyl adjacent to an activating group) is 2. The van der Waals surface area contributed by atoms with E-state index in [1.54, 1.807) is 12.1 Å². The Morgan fingerprint density at radius 1 is 1.20 bits per heavy atom. The lowest BCUT2D eigenvalue weighted by Crippen LogP contribution is -2.48. The third kappa shape index (κ3) is 3.42. The second kappa shape index (κ2) is 7.70. The van der Waals surface area contributed by atoms with Gasteiger partial charge in [0.15, 0.2) is 5.84 Å². The van der Waals surface area contributed by atoms with Gasteiger partial charge in [0.1, 0.15) is 12.2 Å². The molecule has 2 aromatic carbocycles. The van der Waals surface area contributed by atoms with Crippen LogP contribution in [0.25, 0.3) is 0 Å². The molecule has 156 valence electrons. The molecule has 4 rings (SSSR count). The van der Waals surface area contributed by atoms with E-state index in [0.29, 0.717) is 23.0 Å². The molecule has 2 heterocycles. The molecule has 9 heteroatoms. The fourth-order valence-electron chi connectivity index (χ4n) is 3.91. The number of hydrogen-bond donors (Lipinski definition) is 0. The minimum absolute atomic E-state index is 0.0271. The molecule has 0 spiro atoms. The van der Waals surface area contributed by atoms with Crippen molar-refractivity contribution in [2.75, 3.05) is 32.6 Å². The Labute approximate surface area is 180 Å². The molecule has 0 aliphatic carbocycles. The van der Waals surface area contributed by atoms with Crippen molar-refractivity contribution in [2.24, 2.45) is 10.1 Å². The SMILES string of the molecule is CC1N=C(c2ccccc2Cl)c2ccc([N+](=O)[O-])cc2N2C1=NN(C)C2CN(C)C. The van der Waals surface area contributed by atoms with Gasteiger partial charge in [-0.05, 0) is 33.2 Å². The highest BCUT2D eigenvalue weighted by atomic mass is 35.5. The van der Waals surface area contributed by atoms with Gasteiger partial charge in [-0.25, -0.2) is 0 Å². The maximum atomic E-state index is 11.5. The Morgan fingerprint density at radius 3 is 2.60 bits per heavy atom. The fraction of sp³-hybridized carbons (Fsp3) is 0.333. The first-order valence-electron chi connectivity index (χ1n) is 9.64. The smallest absolute Gasteiger partial charge is 0.271 e. The van der Waals surface area contributed by atoms with Gasteiger partial charge in [0, 0.05) is 41.9 Å². The summed E-state index contributed by atoms with van der Waals surface area (Å²) in [5.41, 5.74) is 3.04. The van der Waals surface area contributed by atoms with Gasteiger partial charge in [-0.15, -0.1) is 0 Å². The number of nitrogens with zero attached hydrogens (tertiary/aromatic N) is 6. The number of fused-ring (bicyclic) bond motifs is 3. The zero-order valence-electron chi connectivity index (χ0n) is 17.3. The number of aliphatic imine (C=N–C) groups is 1. The van der Waals surface area contributed by atoms with Crippen molar-refractivity contribution in [3.05, 3.63) is 68.7 Å². The zero-order valence-corrected chi connectivity index (χ0v) is 18.0. The van der Waals surface area contributed by atoms with Crippen molar-refractivity contribution in [1.82, 2.24) is 9.91 Å². The van der Waals surface area contributed by atoms with Gasteiger partial charge in [0.05, 0.1) is 16.3 Å². The lowest BCUT2D eigenvalue weighted by Gasteiger charge is -2.33. The molecule has 2 aromatic rings. The lowest BCUT2D eigenvalue weighted by molar-refractivity contribution is -0.384. The molecule has 2 atom stereocenters. The van der Waals surface area contributed by atoms with Crippen LogP contribution in [0.4, 0.5) is 11.4 Å². The molecule has 0 saturated carbocycles. The molecular formula is C21H23ClN6O2. The Kier molecular flexibility index (Phi) is 5.21. The fourth-order valence-corrected chi connectivity index (χ4v) is 4.14. The maximum absolute atomic E-state index is 11.5. The van der Waals surface area contributed by atoms with Gasteiger partial charge >= 0.3 is 0 Å². The molecule has 2 aliphatic rings. The number of nitro groups is 1. The first kappa shape index (κ1) is 20.3. The van der Waals surface area contributed by atoms with Gasteiger partial charge in [-0.1, -0.05) is 29.8 Å². The predicted octanol–water partition coefficient (Wildman–Crippen LogP) is 3.44. The number of amidine groups is 1. The lowest BCUT2D eigenvalue weighted by atomic mass is 9.99. The number of non-ortho nitro benzene ring substituents is 1. The molecule has 0 aromatic heterocycles. The summed E-state index contributed by atoms with van der Waals surface area (Å²) in [5.74, 6) is 0.758. The van der Waals surface area contributed by atoms with E-state index in [9.17, 15) is 10.1 Å². The monoisotopic (exact) mass is 426 g/mol. The molecule has 2 aliphatic heterocycles. The van der Waals surface area contributed by atoms with Gasteiger partial charge in [-0.3, -0.25) is 20.1 Å². The Hall–Kier alpha value is -2.97. The minimum atomic E-state index is -0.377. The van der Waals surface area contributed by atoms with Crippen LogP contribution in [0.15, 0.2) is 52.6 Å². The van der Waals surface area contributed by atoms with E-state index in [4.69, 9.17) is 21.7 Å². The molecule has 0 amide bonds. The normalized spacial score (nSPS) is 20.5. The van der Waals surface area contributed by atoms with Gasteiger partial charge in [0.25, 0.3) is 5.69 Å². The summed E-state index contributed by atoms with van der Waals surface area (Å²) in [6.07, 6.45) is -0.112. The van der Waals surface area contributed by atoms with E-state index in [1.165, 1.54) is 6.07 Å². The standard InChI is InChI=1S/C21H23ClN6O2/c1-13-21-24-26(4)19(12-25(2)3)27(21)18-11-14(28(29)30)9-10-16(18)20(23-13)15-7-5-6-8-17(15)22/h5-11,13,19H,12H2,1-4H3. The molecule has 0 saturated heterocycles. The Balaban J connectivity index is 1.97. The molecular weight excluding hydrogens is 404 g/mol. The average Bonchev–Trinajstić information content (AvgIpc) is 2.96. The van der Waals surface area contributed by atoms with E-state index in [0.717, 1.165) is 17.0 Å². The van der Waals surface area contributed by atoms with E-state index >= 15 is 0 Å². The van der Waals surface area contributed by atoms with Crippen LogP contribution in [0.5, 0.6) is 0 Å². The summed E-state index contributed by atoms with van der Waals surface area (Å²) >= 11 is 6.50. The van der Waals surface area contributed by atoms with E-state index in [2.05, 4.69) is 9.80 Å². The third-order valence-electron chi connectivity index (χ3n) is 5.30. The number of rotatable bonds is 4. The first-order chi connectivity index (χ1) is 14.3. The van der Waals surface area contributed by atoms with E-state index in [1.807, 2.05) is 57.3 Å². The van der Waals surface area contributed by atoms with Crippen molar-refractivity contribution in [3.63, 3.8) is 0 Å². The zero-order chi connectivity index (χ0) is 21.6. The number of halogens is 1.